The van der Waals surface area contributed by atoms with Gasteiger partial charge >= 0.3 is 0 Å². The van der Waals surface area contributed by atoms with Gasteiger partial charge in [-0.3, -0.25) is 4.79 Å². The lowest BCUT2D eigenvalue weighted by molar-refractivity contribution is 0.0996. The van der Waals surface area contributed by atoms with Gasteiger partial charge in [-0.05, 0) is 30.7 Å². The van der Waals surface area contributed by atoms with Crippen molar-refractivity contribution in [2.75, 3.05) is 5.32 Å². The third-order valence-corrected chi connectivity index (χ3v) is 4.19. The number of amides is 1. The molecule has 1 aliphatic carbocycles. The second-order valence-electron chi connectivity index (χ2n) is 5.73. The molecule has 1 aromatic rings. The fourth-order valence-corrected chi connectivity index (χ4v) is 2.99. The first-order valence-corrected chi connectivity index (χ1v) is 6.95. The van der Waals surface area contributed by atoms with Crippen LogP contribution in [-0.4, -0.2) is 11.9 Å². The zero-order valence-electron chi connectivity index (χ0n) is 11.7. The quantitative estimate of drug-likeness (QED) is 0.893. The molecule has 1 fully saturated rings. The lowest BCUT2D eigenvalue weighted by Gasteiger charge is -2.36. The van der Waals surface area contributed by atoms with Crippen LogP contribution >= 0.6 is 0 Å². The summed E-state index contributed by atoms with van der Waals surface area (Å²) < 4.78 is 27.3. The van der Waals surface area contributed by atoms with Gasteiger partial charge in [0, 0.05) is 12.1 Å². The molecule has 1 aliphatic rings. The highest BCUT2D eigenvalue weighted by Crippen LogP contribution is 2.32. The Hall–Kier alpha value is -1.65. The number of nitrogens with two attached hydrogens (primary N) is 1. The Bertz CT molecular complexity index is 509. The topological polar surface area (TPSA) is 55.1 Å². The third kappa shape index (κ3) is 2.92. The fourth-order valence-electron chi connectivity index (χ4n) is 2.99. The zero-order chi connectivity index (χ0) is 14.9. The van der Waals surface area contributed by atoms with E-state index in [1.54, 1.807) is 0 Å². The van der Waals surface area contributed by atoms with Crippen LogP contribution in [0, 0.1) is 23.5 Å². The van der Waals surface area contributed by atoms with Crippen LogP contribution in [0.15, 0.2) is 12.1 Å². The molecule has 1 amide bonds. The van der Waals surface area contributed by atoms with Crippen molar-refractivity contribution in [1.82, 2.24) is 0 Å². The van der Waals surface area contributed by atoms with E-state index in [9.17, 15) is 13.6 Å². The number of hydrogen-bond donors (Lipinski definition) is 2. The first-order valence-electron chi connectivity index (χ1n) is 6.95. The summed E-state index contributed by atoms with van der Waals surface area (Å²) in [7, 11) is 0. The van der Waals surface area contributed by atoms with Gasteiger partial charge in [-0.25, -0.2) is 8.78 Å². The van der Waals surface area contributed by atoms with Crippen molar-refractivity contribution in [2.45, 2.75) is 39.2 Å². The smallest absolute Gasteiger partial charge is 0.251 e. The molecule has 110 valence electrons. The van der Waals surface area contributed by atoms with Crippen molar-refractivity contribution >= 4 is 11.6 Å². The van der Waals surface area contributed by atoms with Crippen molar-refractivity contribution in [2.24, 2.45) is 17.6 Å². The molecule has 1 saturated carbocycles. The highest BCUT2D eigenvalue weighted by Gasteiger charge is 2.28. The van der Waals surface area contributed by atoms with E-state index in [0.29, 0.717) is 17.9 Å². The normalized spacial score (nSPS) is 26.3. The van der Waals surface area contributed by atoms with E-state index in [2.05, 4.69) is 19.2 Å². The van der Waals surface area contributed by atoms with E-state index in [4.69, 9.17) is 5.73 Å². The Kier molecular flexibility index (Phi) is 4.26. The summed E-state index contributed by atoms with van der Waals surface area (Å²) in [5.41, 5.74) is 4.95. The number of nitrogens with one attached hydrogen (secondary N) is 1. The average molecular weight is 282 g/mol. The van der Waals surface area contributed by atoms with Crippen molar-refractivity contribution < 1.29 is 13.6 Å². The van der Waals surface area contributed by atoms with Gasteiger partial charge in [0.25, 0.3) is 5.91 Å². The maximum atomic E-state index is 13.8. The number of carbonyl (C=O) groups excluding carboxylic acids is 1. The summed E-state index contributed by atoms with van der Waals surface area (Å²) in [5.74, 6) is -1.71. The number of carbonyl (C=O) groups is 1. The van der Waals surface area contributed by atoms with Gasteiger partial charge in [-0.2, -0.15) is 0 Å². The Balaban J connectivity index is 2.28. The number of primary amides is 1. The first-order chi connectivity index (χ1) is 9.40. The molecule has 0 aromatic heterocycles. The Morgan fingerprint density at radius 3 is 2.35 bits per heavy atom. The maximum absolute atomic E-state index is 13.8. The number of hydrogen-bond acceptors (Lipinski definition) is 2. The van der Waals surface area contributed by atoms with Crippen LogP contribution in [0.3, 0.4) is 0 Å². The molecular formula is C15H20F2N2O. The number of halogens is 2. The van der Waals surface area contributed by atoms with Gasteiger partial charge in [0.15, 0.2) is 0 Å². The SMILES string of the molecule is CC1CCCC(C)C1Nc1cc(C(N)=O)c(F)cc1F. The molecule has 0 saturated heterocycles. The van der Waals surface area contributed by atoms with Gasteiger partial charge in [0.2, 0.25) is 0 Å². The molecule has 0 bridgehead atoms. The molecule has 2 atom stereocenters. The first kappa shape index (κ1) is 14.8. The highest BCUT2D eigenvalue weighted by atomic mass is 19.1. The summed E-state index contributed by atoms with van der Waals surface area (Å²) in [6.45, 7) is 4.23. The molecular weight excluding hydrogens is 262 g/mol. The summed E-state index contributed by atoms with van der Waals surface area (Å²) in [5, 5.41) is 3.12. The standard InChI is InChI=1S/C15H20F2N2O/c1-8-4-3-5-9(2)14(8)19-13-6-10(15(18)20)11(16)7-12(13)17/h6-9,14,19H,3-5H2,1-2H3,(H2,18,20). The van der Waals surface area contributed by atoms with Crippen molar-refractivity contribution in [3.63, 3.8) is 0 Å². The third-order valence-electron chi connectivity index (χ3n) is 4.19. The van der Waals surface area contributed by atoms with Gasteiger partial charge in [0.1, 0.15) is 11.6 Å². The summed E-state index contributed by atoms with van der Waals surface area (Å²) in [6, 6.07) is 1.99. The molecule has 0 radical (unpaired) electrons. The highest BCUT2D eigenvalue weighted by molar-refractivity contribution is 5.94. The van der Waals surface area contributed by atoms with Gasteiger partial charge < -0.3 is 11.1 Å². The Morgan fingerprint density at radius 2 is 1.80 bits per heavy atom. The van der Waals surface area contributed by atoms with E-state index in [0.717, 1.165) is 12.8 Å². The van der Waals surface area contributed by atoms with Crippen LogP contribution in [0.5, 0.6) is 0 Å². The van der Waals surface area contributed by atoms with E-state index < -0.39 is 17.5 Å². The van der Waals surface area contributed by atoms with Crippen LogP contribution in [0.1, 0.15) is 43.5 Å². The Morgan fingerprint density at radius 1 is 1.20 bits per heavy atom. The van der Waals surface area contributed by atoms with Crippen LogP contribution in [-0.2, 0) is 0 Å². The molecule has 3 nitrogen and oxygen atoms in total. The molecule has 3 N–H and O–H groups in total. The van der Waals surface area contributed by atoms with Gasteiger partial charge in [-0.1, -0.05) is 20.3 Å². The number of benzene rings is 1. The monoisotopic (exact) mass is 282 g/mol. The molecule has 2 unspecified atom stereocenters. The second kappa shape index (κ2) is 5.77. The molecule has 0 spiro atoms. The summed E-state index contributed by atoms with van der Waals surface area (Å²) in [4.78, 5) is 11.1. The van der Waals surface area contributed by atoms with Gasteiger partial charge in [-0.15, -0.1) is 0 Å². The molecule has 2 rings (SSSR count). The van der Waals surface area contributed by atoms with E-state index in [-0.39, 0.29) is 17.3 Å². The zero-order valence-corrected chi connectivity index (χ0v) is 11.7. The van der Waals surface area contributed by atoms with Crippen molar-refractivity contribution in [1.29, 1.82) is 0 Å². The van der Waals surface area contributed by atoms with E-state index in [1.807, 2.05) is 0 Å². The van der Waals surface area contributed by atoms with Crippen LogP contribution < -0.4 is 11.1 Å². The fraction of sp³-hybridized carbons (Fsp3) is 0.533. The van der Waals surface area contributed by atoms with E-state index >= 15 is 0 Å². The largest absolute Gasteiger partial charge is 0.379 e. The lowest BCUT2D eigenvalue weighted by Crippen LogP contribution is -2.37. The number of anilines is 1. The molecule has 1 aromatic carbocycles. The molecule has 20 heavy (non-hydrogen) atoms. The van der Waals surface area contributed by atoms with Crippen molar-refractivity contribution in [3.05, 3.63) is 29.3 Å². The molecule has 0 heterocycles. The minimum Gasteiger partial charge on any atom is -0.379 e. The lowest BCUT2D eigenvalue weighted by atomic mass is 9.78. The summed E-state index contributed by atoms with van der Waals surface area (Å²) in [6.07, 6.45) is 3.32. The second-order valence-corrected chi connectivity index (χ2v) is 5.73. The predicted octanol–water partition coefficient (Wildman–Crippen LogP) is 3.30. The predicted molar refractivity (Wildman–Crippen MR) is 74.5 cm³/mol. The van der Waals surface area contributed by atoms with Crippen LogP contribution in [0.2, 0.25) is 0 Å². The average Bonchev–Trinajstić information content (AvgIpc) is 2.35. The maximum Gasteiger partial charge on any atom is 0.251 e. The van der Waals surface area contributed by atoms with Crippen molar-refractivity contribution in [3.8, 4) is 0 Å². The van der Waals surface area contributed by atoms with E-state index in [1.165, 1.54) is 12.5 Å². The minimum absolute atomic E-state index is 0.115. The van der Waals surface area contributed by atoms with Crippen LogP contribution in [0.4, 0.5) is 14.5 Å². The minimum atomic E-state index is -0.926. The number of rotatable bonds is 3. The Labute approximate surface area is 117 Å². The van der Waals surface area contributed by atoms with Crippen LogP contribution in [0.25, 0.3) is 0 Å². The van der Waals surface area contributed by atoms with Gasteiger partial charge in [0.05, 0.1) is 11.3 Å². The molecule has 0 aliphatic heterocycles. The molecule has 5 heteroatoms. The summed E-state index contributed by atoms with van der Waals surface area (Å²) >= 11 is 0.